The normalized spacial score (nSPS) is 13.6. The van der Waals surface area contributed by atoms with Crippen LogP contribution in [0.2, 0.25) is 5.02 Å². The number of benzene rings is 1. The van der Waals surface area contributed by atoms with Crippen molar-refractivity contribution in [3.63, 3.8) is 0 Å². The Labute approximate surface area is 97.9 Å². The number of nitrogens with two attached hydrogens (primary N) is 1. The van der Waals surface area contributed by atoms with Gasteiger partial charge in [-0.05, 0) is 19.1 Å². The molecule has 0 radical (unpaired) electrons. The van der Waals surface area contributed by atoms with Gasteiger partial charge < -0.3 is 16.3 Å². The zero-order chi connectivity index (χ0) is 12.1. The summed E-state index contributed by atoms with van der Waals surface area (Å²) in [7, 11) is 0. The highest BCUT2D eigenvalue weighted by molar-refractivity contribution is 6.33. The van der Waals surface area contributed by atoms with Crippen molar-refractivity contribution < 1.29 is 9.60 Å². The van der Waals surface area contributed by atoms with Crippen LogP contribution in [-0.4, -0.2) is 17.1 Å². The van der Waals surface area contributed by atoms with Crippen LogP contribution >= 0.6 is 11.6 Å². The first kappa shape index (κ1) is 12.6. The van der Waals surface area contributed by atoms with Gasteiger partial charge >= 0.3 is 0 Å². The highest BCUT2D eigenvalue weighted by Crippen LogP contribution is 2.25. The molecule has 0 aliphatic rings. The smallest absolute Gasteiger partial charge is 0.147 e. The van der Waals surface area contributed by atoms with Crippen molar-refractivity contribution in [3.8, 4) is 0 Å². The number of rotatable bonds is 4. The second-order valence-electron chi connectivity index (χ2n) is 3.44. The average molecular weight is 246 g/mol. The Balaban J connectivity index is 2.73. The molecule has 1 aromatic carbocycles. The molecule has 0 bridgehead atoms. The van der Waals surface area contributed by atoms with Crippen LogP contribution in [0.4, 0.5) is 10.1 Å². The summed E-state index contributed by atoms with van der Waals surface area (Å²) in [5, 5.41) is 14.4. The van der Waals surface area contributed by atoms with Gasteiger partial charge in [-0.1, -0.05) is 22.8 Å². The standard InChI is InChI=1S/C10H13ClFN3O/c1-6(5-9(13)15-16)14-10-7(11)3-2-4-8(10)12/h2-4,6,14,16H,5H2,1H3,(H2,13,15). The minimum atomic E-state index is -0.432. The van der Waals surface area contributed by atoms with E-state index in [9.17, 15) is 4.39 Å². The maximum absolute atomic E-state index is 13.4. The SMILES string of the molecule is CC(C/C(N)=N/O)Nc1c(F)cccc1Cl. The largest absolute Gasteiger partial charge is 0.409 e. The van der Waals surface area contributed by atoms with Crippen molar-refractivity contribution >= 4 is 23.1 Å². The Hall–Kier alpha value is -1.49. The summed E-state index contributed by atoms with van der Waals surface area (Å²) in [6.45, 7) is 1.78. The van der Waals surface area contributed by atoms with Crippen molar-refractivity contribution in [1.29, 1.82) is 0 Å². The molecule has 1 atom stereocenters. The first-order valence-electron chi connectivity index (χ1n) is 4.71. The molecule has 0 amide bonds. The number of amidine groups is 1. The fraction of sp³-hybridized carbons (Fsp3) is 0.300. The molecule has 88 valence electrons. The quantitative estimate of drug-likeness (QED) is 0.330. The Bertz CT molecular complexity index is 377. The van der Waals surface area contributed by atoms with E-state index in [-0.39, 0.29) is 17.6 Å². The molecule has 0 aliphatic carbocycles. The van der Waals surface area contributed by atoms with Crippen LogP contribution in [-0.2, 0) is 0 Å². The number of hydrogen-bond donors (Lipinski definition) is 3. The van der Waals surface area contributed by atoms with Gasteiger partial charge in [0.2, 0.25) is 0 Å². The third kappa shape index (κ3) is 3.27. The maximum Gasteiger partial charge on any atom is 0.147 e. The van der Waals surface area contributed by atoms with E-state index in [1.54, 1.807) is 13.0 Å². The molecule has 0 fully saturated rings. The number of oxime groups is 1. The molecule has 1 unspecified atom stereocenters. The zero-order valence-electron chi connectivity index (χ0n) is 8.74. The molecular formula is C10H13ClFN3O. The summed E-state index contributed by atoms with van der Waals surface area (Å²) >= 11 is 5.83. The third-order valence-electron chi connectivity index (χ3n) is 2.00. The third-order valence-corrected chi connectivity index (χ3v) is 2.31. The molecule has 0 spiro atoms. The van der Waals surface area contributed by atoms with E-state index >= 15 is 0 Å². The molecule has 1 aromatic rings. The average Bonchev–Trinajstić information content (AvgIpc) is 2.23. The van der Waals surface area contributed by atoms with Crippen molar-refractivity contribution in [2.24, 2.45) is 10.9 Å². The summed E-state index contributed by atoms with van der Waals surface area (Å²) in [5.74, 6) is -0.355. The zero-order valence-corrected chi connectivity index (χ0v) is 9.50. The lowest BCUT2D eigenvalue weighted by molar-refractivity contribution is 0.316. The highest BCUT2D eigenvalue weighted by atomic mass is 35.5. The van der Waals surface area contributed by atoms with Gasteiger partial charge in [-0.3, -0.25) is 0 Å². The molecule has 4 N–H and O–H groups in total. The van der Waals surface area contributed by atoms with Crippen molar-refractivity contribution in [2.45, 2.75) is 19.4 Å². The van der Waals surface area contributed by atoms with E-state index < -0.39 is 5.82 Å². The lowest BCUT2D eigenvalue weighted by Crippen LogP contribution is -2.24. The molecule has 0 heterocycles. The summed E-state index contributed by atoms with van der Waals surface area (Å²) < 4.78 is 13.4. The fourth-order valence-electron chi connectivity index (χ4n) is 1.29. The number of anilines is 1. The first-order valence-corrected chi connectivity index (χ1v) is 5.09. The second-order valence-corrected chi connectivity index (χ2v) is 3.84. The van der Waals surface area contributed by atoms with Crippen LogP contribution in [0.3, 0.4) is 0 Å². The summed E-state index contributed by atoms with van der Waals surface area (Å²) in [4.78, 5) is 0. The van der Waals surface area contributed by atoms with Crippen LogP contribution in [0.25, 0.3) is 0 Å². The van der Waals surface area contributed by atoms with Crippen LogP contribution < -0.4 is 11.1 Å². The minimum Gasteiger partial charge on any atom is -0.409 e. The van der Waals surface area contributed by atoms with Crippen LogP contribution in [0.1, 0.15) is 13.3 Å². The van der Waals surface area contributed by atoms with E-state index in [0.717, 1.165) is 0 Å². The maximum atomic E-state index is 13.4. The lowest BCUT2D eigenvalue weighted by Gasteiger charge is -2.16. The van der Waals surface area contributed by atoms with Crippen LogP contribution in [0, 0.1) is 5.82 Å². The van der Waals surface area contributed by atoms with Gasteiger partial charge in [0.1, 0.15) is 11.7 Å². The Morgan fingerprint density at radius 1 is 1.69 bits per heavy atom. The fourth-order valence-corrected chi connectivity index (χ4v) is 1.51. The molecule has 16 heavy (non-hydrogen) atoms. The molecule has 0 aromatic heterocycles. The van der Waals surface area contributed by atoms with Gasteiger partial charge in [-0.2, -0.15) is 0 Å². The predicted octanol–water partition coefficient (Wildman–Crippen LogP) is 2.42. The minimum absolute atomic E-state index is 0.0764. The molecule has 0 saturated heterocycles. The highest BCUT2D eigenvalue weighted by Gasteiger charge is 2.11. The van der Waals surface area contributed by atoms with Crippen molar-refractivity contribution in [2.75, 3.05) is 5.32 Å². The van der Waals surface area contributed by atoms with Gasteiger partial charge in [0.15, 0.2) is 0 Å². The lowest BCUT2D eigenvalue weighted by atomic mass is 10.2. The molecule has 0 saturated carbocycles. The molecule has 6 heteroatoms. The Morgan fingerprint density at radius 2 is 2.38 bits per heavy atom. The molecular weight excluding hydrogens is 233 g/mol. The van der Waals surface area contributed by atoms with E-state index in [2.05, 4.69) is 10.5 Å². The summed E-state index contributed by atoms with van der Waals surface area (Å²) in [6, 6.07) is 4.23. The summed E-state index contributed by atoms with van der Waals surface area (Å²) in [5.41, 5.74) is 5.56. The first-order chi connectivity index (χ1) is 7.54. The second kappa shape index (κ2) is 5.55. The van der Waals surface area contributed by atoms with Crippen LogP contribution in [0.15, 0.2) is 23.4 Å². The van der Waals surface area contributed by atoms with E-state index in [0.29, 0.717) is 11.4 Å². The Morgan fingerprint density at radius 3 is 2.94 bits per heavy atom. The number of para-hydroxylation sites is 1. The molecule has 0 aliphatic heterocycles. The van der Waals surface area contributed by atoms with E-state index in [1.165, 1.54) is 12.1 Å². The van der Waals surface area contributed by atoms with Crippen molar-refractivity contribution in [3.05, 3.63) is 29.0 Å². The van der Waals surface area contributed by atoms with E-state index in [4.69, 9.17) is 22.5 Å². The molecule has 1 rings (SSSR count). The molecule has 4 nitrogen and oxygen atoms in total. The number of halogens is 2. The van der Waals surface area contributed by atoms with Crippen molar-refractivity contribution in [1.82, 2.24) is 0 Å². The van der Waals surface area contributed by atoms with Gasteiger partial charge in [-0.25, -0.2) is 4.39 Å². The van der Waals surface area contributed by atoms with Gasteiger partial charge in [0.25, 0.3) is 0 Å². The summed E-state index contributed by atoms with van der Waals surface area (Å²) in [6.07, 6.45) is 0.293. The van der Waals surface area contributed by atoms with Gasteiger partial charge in [0.05, 0.1) is 10.7 Å². The predicted molar refractivity (Wildman–Crippen MR) is 62.5 cm³/mol. The van der Waals surface area contributed by atoms with Crippen LogP contribution in [0.5, 0.6) is 0 Å². The Kier molecular flexibility index (Phi) is 4.37. The number of hydrogen-bond acceptors (Lipinski definition) is 3. The number of nitrogens with one attached hydrogen (secondary N) is 1. The number of nitrogens with zero attached hydrogens (tertiary/aromatic N) is 1. The topological polar surface area (TPSA) is 70.6 Å². The van der Waals surface area contributed by atoms with Gasteiger partial charge in [-0.15, -0.1) is 0 Å². The monoisotopic (exact) mass is 245 g/mol. The van der Waals surface area contributed by atoms with Gasteiger partial charge in [0, 0.05) is 12.5 Å². The van der Waals surface area contributed by atoms with E-state index in [1.807, 2.05) is 0 Å².